The van der Waals surface area contributed by atoms with Gasteiger partial charge in [-0.3, -0.25) is 10.2 Å². The number of pyridine rings is 1. The third-order valence-corrected chi connectivity index (χ3v) is 5.39. The van der Waals surface area contributed by atoms with E-state index in [0.29, 0.717) is 37.4 Å². The maximum absolute atomic E-state index is 12.2. The SMILES string of the molecule is N=C(/C=C\C(=N)c1c[nH]c2ncc(N3CCOCC3)cc12)C(=O)NCCc1ccccc1. The summed E-state index contributed by atoms with van der Waals surface area (Å²) in [6.07, 6.45) is 7.09. The van der Waals surface area contributed by atoms with Gasteiger partial charge >= 0.3 is 0 Å². The molecule has 1 fully saturated rings. The van der Waals surface area contributed by atoms with E-state index in [4.69, 9.17) is 15.6 Å². The summed E-state index contributed by atoms with van der Waals surface area (Å²) in [4.78, 5) is 22.0. The van der Waals surface area contributed by atoms with Crippen LogP contribution in [-0.2, 0) is 16.0 Å². The molecule has 8 nitrogen and oxygen atoms in total. The molecule has 0 radical (unpaired) electrons. The number of hydrogen-bond acceptors (Lipinski definition) is 6. The van der Waals surface area contributed by atoms with E-state index in [9.17, 15) is 4.79 Å². The molecule has 164 valence electrons. The minimum Gasteiger partial charge on any atom is -0.378 e. The fraction of sp³-hybridized carbons (Fsp3) is 0.250. The van der Waals surface area contributed by atoms with Crippen molar-refractivity contribution < 1.29 is 9.53 Å². The minimum absolute atomic E-state index is 0.185. The number of H-pyrrole nitrogens is 1. The van der Waals surface area contributed by atoms with Gasteiger partial charge in [0.15, 0.2) is 0 Å². The number of anilines is 1. The molecule has 3 aromatic rings. The number of rotatable bonds is 8. The van der Waals surface area contributed by atoms with E-state index in [2.05, 4.69) is 20.2 Å². The number of nitrogens with zero attached hydrogens (tertiary/aromatic N) is 2. The standard InChI is InChI=1S/C24H26N6O2/c25-21(6-7-22(26)24(31)27-9-8-17-4-2-1-3-5-17)20-16-29-23-19(20)14-18(15-28-23)30-10-12-32-13-11-30/h1-7,14-16,25-26H,8-13H2,(H,27,31)(H,28,29)/b7-6-,25-21?,26-22?. The van der Waals surface area contributed by atoms with Crippen LogP contribution in [0.25, 0.3) is 11.0 Å². The zero-order valence-corrected chi connectivity index (χ0v) is 17.7. The molecule has 32 heavy (non-hydrogen) atoms. The third kappa shape index (κ3) is 5.09. The monoisotopic (exact) mass is 430 g/mol. The van der Waals surface area contributed by atoms with Crippen LogP contribution in [0.5, 0.6) is 0 Å². The summed E-state index contributed by atoms with van der Waals surface area (Å²) in [7, 11) is 0. The molecule has 0 spiro atoms. The normalized spacial score (nSPS) is 14.1. The summed E-state index contributed by atoms with van der Waals surface area (Å²) in [5.74, 6) is -0.458. The van der Waals surface area contributed by atoms with Crippen molar-refractivity contribution in [3.63, 3.8) is 0 Å². The van der Waals surface area contributed by atoms with Crippen LogP contribution >= 0.6 is 0 Å². The molecular weight excluding hydrogens is 404 g/mol. The van der Waals surface area contributed by atoms with E-state index >= 15 is 0 Å². The van der Waals surface area contributed by atoms with Crippen LogP contribution in [0.3, 0.4) is 0 Å². The van der Waals surface area contributed by atoms with E-state index in [0.717, 1.165) is 29.7 Å². The zero-order chi connectivity index (χ0) is 22.3. The van der Waals surface area contributed by atoms with E-state index in [1.165, 1.54) is 12.2 Å². The molecule has 1 aliphatic rings. The van der Waals surface area contributed by atoms with Crippen molar-refractivity contribution >= 4 is 34.1 Å². The molecule has 0 aliphatic carbocycles. The van der Waals surface area contributed by atoms with E-state index in [1.807, 2.05) is 42.6 Å². The molecular formula is C24H26N6O2. The number of ether oxygens (including phenoxy) is 1. The summed E-state index contributed by atoms with van der Waals surface area (Å²) >= 11 is 0. The van der Waals surface area contributed by atoms with Crippen LogP contribution in [0.4, 0.5) is 5.69 Å². The first kappa shape index (κ1) is 21.5. The van der Waals surface area contributed by atoms with Crippen molar-refractivity contribution in [3.8, 4) is 0 Å². The average molecular weight is 431 g/mol. The van der Waals surface area contributed by atoms with Crippen LogP contribution in [-0.4, -0.2) is 60.1 Å². The molecule has 1 amide bonds. The average Bonchev–Trinajstić information content (AvgIpc) is 3.27. The van der Waals surface area contributed by atoms with Crippen molar-refractivity contribution in [1.82, 2.24) is 15.3 Å². The summed E-state index contributed by atoms with van der Waals surface area (Å²) in [6, 6.07) is 11.9. The first-order valence-electron chi connectivity index (χ1n) is 10.6. The van der Waals surface area contributed by atoms with Crippen LogP contribution < -0.4 is 10.2 Å². The van der Waals surface area contributed by atoms with Gasteiger partial charge < -0.3 is 25.3 Å². The lowest BCUT2D eigenvalue weighted by Gasteiger charge is -2.28. The molecule has 1 aliphatic heterocycles. The Morgan fingerprint density at radius 1 is 1.19 bits per heavy atom. The minimum atomic E-state index is -0.458. The predicted molar refractivity (Wildman–Crippen MR) is 126 cm³/mol. The summed E-state index contributed by atoms with van der Waals surface area (Å²) in [5, 5.41) is 20.0. The maximum Gasteiger partial charge on any atom is 0.269 e. The number of aromatic amines is 1. The fourth-order valence-electron chi connectivity index (χ4n) is 3.60. The molecule has 8 heteroatoms. The number of carbonyl (C=O) groups excluding carboxylic acids is 1. The van der Waals surface area contributed by atoms with Gasteiger partial charge in [0.1, 0.15) is 11.4 Å². The maximum atomic E-state index is 12.2. The number of allylic oxidation sites excluding steroid dienone is 1. The molecule has 4 rings (SSSR count). The molecule has 1 saturated heterocycles. The second-order valence-electron chi connectivity index (χ2n) is 7.54. The Bertz CT molecular complexity index is 1150. The van der Waals surface area contributed by atoms with E-state index < -0.39 is 5.91 Å². The molecule has 4 N–H and O–H groups in total. The number of aromatic nitrogens is 2. The lowest BCUT2D eigenvalue weighted by Crippen LogP contribution is -2.36. The van der Waals surface area contributed by atoms with Gasteiger partial charge in [-0.1, -0.05) is 30.3 Å². The van der Waals surface area contributed by atoms with Crippen molar-refractivity contribution in [2.24, 2.45) is 0 Å². The number of fused-ring (bicyclic) bond motifs is 1. The van der Waals surface area contributed by atoms with Gasteiger partial charge in [-0.15, -0.1) is 0 Å². The third-order valence-electron chi connectivity index (χ3n) is 5.39. The quantitative estimate of drug-likeness (QED) is 0.411. The number of amides is 1. The van der Waals surface area contributed by atoms with Gasteiger partial charge in [-0.2, -0.15) is 0 Å². The number of nitrogens with one attached hydrogen (secondary N) is 4. The summed E-state index contributed by atoms with van der Waals surface area (Å²) < 4.78 is 5.41. The highest BCUT2D eigenvalue weighted by atomic mass is 16.5. The second kappa shape index (κ2) is 10.0. The molecule has 0 saturated carbocycles. The number of carbonyl (C=O) groups is 1. The van der Waals surface area contributed by atoms with E-state index in [-0.39, 0.29) is 11.4 Å². The summed E-state index contributed by atoms with van der Waals surface area (Å²) in [6.45, 7) is 3.44. The van der Waals surface area contributed by atoms with E-state index in [1.54, 1.807) is 6.20 Å². The second-order valence-corrected chi connectivity index (χ2v) is 7.54. The number of hydrogen-bond donors (Lipinski definition) is 4. The van der Waals surface area contributed by atoms with Crippen molar-refractivity contribution in [3.05, 3.63) is 72.1 Å². The molecule has 2 aromatic heterocycles. The van der Waals surface area contributed by atoms with Crippen molar-refractivity contribution in [1.29, 1.82) is 10.8 Å². The van der Waals surface area contributed by atoms with Crippen LogP contribution in [0.2, 0.25) is 0 Å². The Morgan fingerprint density at radius 2 is 1.97 bits per heavy atom. The smallest absolute Gasteiger partial charge is 0.269 e. The molecule has 3 heterocycles. The fourth-order valence-corrected chi connectivity index (χ4v) is 3.60. The van der Waals surface area contributed by atoms with Gasteiger partial charge in [0.25, 0.3) is 5.91 Å². The largest absolute Gasteiger partial charge is 0.378 e. The molecule has 0 unspecified atom stereocenters. The lowest BCUT2D eigenvalue weighted by atomic mass is 10.1. The van der Waals surface area contributed by atoms with Gasteiger partial charge in [0.2, 0.25) is 0 Å². The Morgan fingerprint density at radius 3 is 2.75 bits per heavy atom. The predicted octanol–water partition coefficient (Wildman–Crippen LogP) is 2.70. The highest BCUT2D eigenvalue weighted by Gasteiger charge is 2.15. The van der Waals surface area contributed by atoms with Gasteiger partial charge in [-0.25, -0.2) is 4.98 Å². The molecule has 0 atom stereocenters. The van der Waals surface area contributed by atoms with Crippen LogP contribution in [0.15, 0.2) is 60.9 Å². The number of benzene rings is 1. The Hall–Kier alpha value is -3.78. The Kier molecular flexibility index (Phi) is 6.72. The topological polar surface area (TPSA) is 118 Å². The molecule has 1 aromatic carbocycles. The first-order valence-corrected chi connectivity index (χ1v) is 10.6. The Labute approximate surface area is 186 Å². The van der Waals surface area contributed by atoms with Crippen molar-refractivity contribution in [2.45, 2.75) is 6.42 Å². The van der Waals surface area contributed by atoms with Gasteiger partial charge in [0.05, 0.1) is 30.8 Å². The van der Waals surface area contributed by atoms with Crippen LogP contribution in [0, 0.1) is 10.8 Å². The zero-order valence-electron chi connectivity index (χ0n) is 17.7. The van der Waals surface area contributed by atoms with Crippen molar-refractivity contribution in [2.75, 3.05) is 37.7 Å². The highest BCUT2D eigenvalue weighted by Crippen LogP contribution is 2.24. The molecule has 0 bridgehead atoms. The van der Waals surface area contributed by atoms with Gasteiger partial charge in [-0.05, 0) is 30.2 Å². The first-order chi connectivity index (χ1) is 15.6. The Balaban J connectivity index is 1.38. The lowest BCUT2D eigenvalue weighted by molar-refractivity contribution is -0.114. The van der Waals surface area contributed by atoms with Gasteiger partial charge in [0, 0.05) is 36.8 Å². The summed E-state index contributed by atoms with van der Waals surface area (Å²) in [5.41, 5.74) is 3.51. The number of morpholine rings is 1. The van der Waals surface area contributed by atoms with Crippen LogP contribution in [0.1, 0.15) is 11.1 Å². The highest BCUT2D eigenvalue weighted by molar-refractivity contribution is 6.42.